The lowest BCUT2D eigenvalue weighted by molar-refractivity contribution is -0.116. The van der Waals surface area contributed by atoms with E-state index in [1.165, 1.54) is 16.3 Å². The molecule has 0 atom stereocenters. The normalized spacial score (nSPS) is 11.1. The van der Waals surface area contributed by atoms with Gasteiger partial charge in [-0.15, -0.1) is 0 Å². The summed E-state index contributed by atoms with van der Waals surface area (Å²) in [6.07, 6.45) is 0. The minimum atomic E-state index is -0.135. The van der Waals surface area contributed by atoms with Crippen molar-refractivity contribution >= 4 is 34.4 Å². The Bertz CT molecular complexity index is 1020. The van der Waals surface area contributed by atoms with Gasteiger partial charge in [-0.2, -0.15) is 0 Å². The van der Waals surface area contributed by atoms with Gasteiger partial charge < -0.3 is 9.88 Å². The Morgan fingerprint density at radius 1 is 1.31 bits per heavy atom. The third-order valence-electron chi connectivity index (χ3n) is 4.21. The standard InChI is InChI=1S/C19H22N4O2S/c1-5-23(14-8-6-7-12(2)9-14)16(24)11-26-19-21-15-10-13(3)20-17(15)18(25)22(19)4/h6-10,20H,5,11H2,1-4H3. The molecule has 0 radical (unpaired) electrons. The molecule has 0 aliphatic heterocycles. The molecular formula is C19H22N4O2S. The number of anilines is 1. The van der Waals surface area contributed by atoms with Gasteiger partial charge in [0.1, 0.15) is 5.52 Å². The van der Waals surface area contributed by atoms with E-state index in [9.17, 15) is 9.59 Å². The molecule has 2 aromatic heterocycles. The van der Waals surface area contributed by atoms with Crippen LogP contribution in [0.15, 0.2) is 40.3 Å². The van der Waals surface area contributed by atoms with E-state index in [1.807, 2.05) is 51.1 Å². The number of aromatic amines is 1. The number of hydrogen-bond acceptors (Lipinski definition) is 4. The maximum atomic E-state index is 12.7. The number of aryl methyl sites for hydroxylation is 2. The van der Waals surface area contributed by atoms with Crippen molar-refractivity contribution in [2.24, 2.45) is 7.05 Å². The largest absolute Gasteiger partial charge is 0.353 e. The van der Waals surface area contributed by atoms with E-state index < -0.39 is 0 Å². The Morgan fingerprint density at radius 3 is 2.77 bits per heavy atom. The molecule has 136 valence electrons. The van der Waals surface area contributed by atoms with Crippen LogP contribution in [0.25, 0.3) is 11.0 Å². The summed E-state index contributed by atoms with van der Waals surface area (Å²) in [5, 5.41) is 0.537. The first kappa shape index (κ1) is 18.3. The average Bonchev–Trinajstić information content (AvgIpc) is 2.98. The summed E-state index contributed by atoms with van der Waals surface area (Å²) < 4.78 is 1.49. The second-order valence-electron chi connectivity index (χ2n) is 6.24. The van der Waals surface area contributed by atoms with Gasteiger partial charge in [0.25, 0.3) is 5.56 Å². The molecule has 26 heavy (non-hydrogen) atoms. The summed E-state index contributed by atoms with van der Waals surface area (Å²) in [7, 11) is 1.68. The van der Waals surface area contributed by atoms with E-state index in [-0.39, 0.29) is 17.2 Å². The highest BCUT2D eigenvalue weighted by Crippen LogP contribution is 2.21. The van der Waals surface area contributed by atoms with Crippen LogP contribution in [0.4, 0.5) is 5.69 Å². The lowest BCUT2D eigenvalue weighted by atomic mass is 10.2. The predicted octanol–water partition coefficient (Wildman–Crippen LogP) is 3.02. The highest BCUT2D eigenvalue weighted by molar-refractivity contribution is 7.99. The summed E-state index contributed by atoms with van der Waals surface area (Å²) in [6, 6.07) is 9.72. The topological polar surface area (TPSA) is 71.0 Å². The van der Waals surface area contributed by atoms with E-state index in [0.29, 0.717) is 22.7 Å². The maximum Gasteiger partial charge on any atom is 0.278 e. The average molecular weight is 370 g/mol. The molecule has 0 saturated carbocycles. The SMILES string of the molecule is CCN(C(=O)CSc1nc2cc(C)[nH]c2c(=O)n1C)c1cccc(C)c1. The van der Waals surface area contributed by atoms with Gasteiger partial charge >= 0.3 is 0 Å². The zero-order valence-electron chi connectivity index (χ0n) is 15.4. The van der Waals surface area contributed by atoms with Gasteiger partial charge in [0.05, 0.1) is 11.3 Å². The van der Waals surface area contributed by atoms with E-state index >= 15 is 0 Å². The van der Waals surface area contributed by atoms with Crippen molar-refractivity contribution in [1.29, 1.82) is 0 Å². The first-order valence-electron chi connectivity index (χ1n) is 8.47. The van der Waals surface area contributed by atoms with Gasteiger partial charge in [-0.25, -0.2) is 4.98 Å². The lowest BCUT2D eigenvalue weighted by Crippen LogP contribution is -2.32. The highest BCUT2D eigenvalue weighted by Gasteiger charge is 2.17. The molecule has 0 aliphatic carbocycles. The van der Waals surface area contributed by atoms with Gasteiger partial charge in [-0.3, -0.25) is 14.2 Å². The summed E-state index contributed by atoms with van der Waals surface area (Å²) in [6.45, 7) is 6.43. The van der Waals surface area contributed by atoms with Gasteiger partial charge in [-0.1, -0.05) is 23.9 Å². The minimum Gasteiger partial charge on any atom is -0.353 e. The van der Waals surface area contributed by atoms with Gasteiger partial charge in [-0.05, 0) is 44.5 Å². The molecule has 3 aromatic rings. The van der Waals surface area contributed by atoms with Crippen LogP contribution in [0.5, 0.6) is 0 Å². The second-order valence-corrected chi connectivity index (χ2v) is 7.18. The number of carbonyl (C=O) groups excluding carboxylic acids is 1. The van der Waals surface area contributed by atoms with Crippen molar-refractivity contribution < 1.29 is 4.79 Å². The van der Waals surface area contributed by atoms with Crippen LogP contribution in [0, 0.1) is 13.8 Å². The van der Waals surface area contributed by atoms with Crippen molar-refractivity contribution in [3.8, 4) is 0 Å². The molecule has 2 heterocycles. The molecule has 3 rings (SSSR count). The fourth-order valence-electron chi connectivity index (χ4n) is 2.89. The van der Waals surface area contributed by atoms with E-state index in [0.717, 1.165) is 16.9 Å². The lowest BCUT2D eigenvalue weighted by Gasteiger charge is -2.21. The number of rotatable bonds is 5. The molecule has 7 heteroatoms. The summed E-state index contributed by atoms with van der Waals surface area (Å²) in [4.78, 5) is 34.5. The second kappa shape index (κ2) is 7.37. The first-order chi connectivity index (χ1) is 12.4. The first-order valence-corrected chi connectivity index (χ1v) is 9.45. The molecule has 1 N–H and O–H groups in total. The molecule has 0 spiro atoms. The molecule has 0 saturated heterocycles. The number of hydrogen-bond donors (Lipinski definition) is 1. The van der Waals surface area contributed by atoms with Crippen LogP contribution < -0.4 is 10.5 Å². The van der Waals surface area contributed by atoms with E-state index in [1.54, 1.807) is 11.9 Å². The van der Waals surface area contributed by atoms with Crippen LogP contribution in [-0.2, 0) is 11.8 Å². The Hall–Kier alpha value is -2.54. The summed E-state index contributed by atoms with van der Waals surface area (Å²) in [5.41, 5.74) is 3.88. The Balaban J connectivity index is 1.81. The molecular weight excluding hydrogens is 348 g/mol. The van der Waals surface area contributed by atoms with Crippen molar-refractivity contribution in [2.75, 3.05) is 17.2 Å². The fraction of sp³-hybridized carbons (Fsp3) is 0.316. The predicted molar refractivity (Wildman–Crippen MR) is 106 cm³/mol. The van der Waals surface area contributed by atoms with Crippen molar-refractivity contribution in [3.63, 3.8) is 0 Å². The molecule has 1 amide bonds. The van der Waals surface area contributed by atoms with Crippen LogP contribution in [0.3, 0.4) is 0 Å². The number of benzene rings is 1. The smallest absolute Gasteiger partial charge is 0.278 e. The van der Waals surface area contributed by atoms with Crippen LogP contribution in [-0.4, -0.2) is 32.7 Å². The highest BCUT2D eigenvalue weighted by atomic mass is 32.2. The van der Waals surface area contributed by atoms with E-state index in [4.69, 9.17) is 0 Å². The fourth-order valence-corrected chi connectivity index (χ4v) is 3.74. The van der Waals surface area contributed by atoms with Crippen molar-refractivity contribution in [1.82, 2.24) is 14.5 Å². The molecule has 0 bridgehead atoms. The Morgan fingerprint density at radius 2 is 2.08 bits per heavy atom. The number of thioether (sulfide) groups is 1. The maximum absolute atomic E-state index is 12.7. The number of aromatic nitrogens is 3. The quantitative estimate of drug-likeness (QED) is 0.554. The van der Waals surface area contributed by atoms with Gasteiger partial charge in [0.2, 0.25) is 5.91 Å². The molecule has 1 aromatic carbocycles. The third-order valence-corrected chi connectivity index (χ3v) is 5.22. The molecule has 0 fully saturated rings. The molecule has 0 unspecified atom stereocenters. The minimum absolute atomic E-state index is 0.0114. The Kier molecular flexibility index (Phi) is 5.18. The van der Waals surface area contributed by atoms with Crippen molar-refractivity contribution in [3.05, 3.63) is 51.9 Å². The summed E-state index contributed by atoms with van der Waals surface area (Å²) in [5.74, 6) is 0.208. The molecule has 6 nitrogen and oxygen atoms in total. The van der Waals surface area contributed by atoms with Crippen LogP contribution >= 0.6 is 11.8 Å². The molecule has 0 aliphatic rings. The number of H-pyrrole nitrogens is 1. The van der Waals surface area contributed by atoms with Gasteiger partial charge in [0, 0.05) is 25.0 Å². The third kappa shape index (κ3) is 3.53. The zero-order valence-corrected chi connectivity index (χ0v) is 16.2. The number of nitrogens with one attached hydrogen (secondary N) is 1. The number of nitrogens with zero attached hydrogens (tertiary/aromatic N) is 3. The Labute approximate surface area is 156 Å². The van der Waals surface area contributed by atoms with Crippen LogP contribution in [0.1, 0.15) is 18.2 Å². The number of carbonyl (C=O) groups is 1. The number of fused-ring (bicyclic) bond motifs is 1. The number of amides is 1. The monoisotopic (exact) mass is 370 g/mol. The van der Waals surface area contributed by atoms with Gasteiger partial charge in [0.15, 0.2) is 5.16 Å². The summed E-state index contributed by atoms with van der Waals surface area (Å²) >= 11 is 1.28. The van der Waals surface area contributed by atoms with E-state index in [2.05, 4.69) is 9.97 Å². The van der Waals surface area contributed by atoms with Crippen LogP contribution in [0.2, 0.25) is 0 Å². The van der Waals surface area contributed by atoms with Crippen molar-refractivity contribution in [2.45, 2.75) is 25.9 Å². The zero-order chi connectivity index (χ0) is 18.8.